The average Bonchev–Trinajstić information content (AvgIpc) is 2.97. The molecule has 0 N–H and O–H groups in total. The molecule has 4 atom stereocenters. The van der Waals surface area contributed by atoms with Crippen molar-refractivity contribution in [3.8, 4) is 0 Å². The van der Waals surface area contributed by atoms with Crippen LogP contribution in [-0.2, 0) is 32.6 Å². The van der Waals surface area contributed by atoms with Crippen LogP contribution in [-0.4, -0.2) is 58.4 Å². The quantitative estimate of drug-likeness (QED) is 0.337. The fraction of sp³-hybridized carbons (Fsp3) is 0.941. The van der Waals surface area contributed by atoms with Gasteiger partial charge in [0, 0.05) is 40.3 Å². The van der Waals surface area contributed by atoms with Crippen molar-refractivity contribution in [2.75, 3.05) is 34.1 Å². The molecule has 7 nitrogen and oxygen atoms in total. The summed E-state index contributed by atoms with van der Waals surface area (Å²) in [6.07, 6.45) is 5.75. The summed E-state index contributed by atoms with van der Waals surface area (Å²) in [6.45, 7) is 3.84. The Balaban J connectivity index is 2.14. The molecule has 148 valence electrons. The molecule has 25 heavy (non-hydrogen) atoms. The highest BCUT2D eigenvalue weighted by Gasteiger charge is 2.37. The molecule has 0 saturated carbocycles. The van der Waals surface area contributed by atoms with Crippen molar-refractivity contribution in [2.45, 2.75) is 70.4 Å². The Morgan fingerprint density at radius 3 is 2.48 bits per heavy atom. The summed E-state index contributed by atoms with van der Waals surface area (Å²) in [7, 11) is -0.0514. The Morgan fingerprint density at radius 1 is 1.16 bits per heavy atom. The maximum atomic E-state index is 11.8. The van der Waals surface area contributed by atoms with E-state index in [1.165, 1.54) is 13.8 Å². The number of rotatable bonds is 14. The third-order valence-electron chi connectivity index (χ3n) is 4.25. The van der Waals surface area contributed by atoms with Gasteiger partial charge in [0.1, 0.15) is 11.9 Å². The van der Waals surface area contributed by atoms with E-state index in [2.05, 4.69) is 0 Å². The molecule has 0 aromatic heterocycles. The van der Waals surface area contributed by atoms with Gasteiger partial charge in [-0.3, -0.25) is 4.57 Å². The van der Waals surface area contributed by atoms with Crippen molar-refractivity contribution < 1.29 is 32.6 Å². The minimum Gasteiger partial charge on any atom is -0.378 e. The molecule has 0 aliphatic carbocycles. The third-order valence-corrected chi connectivity index (χ3v) is 5.53. The lowest BCUT2D eigenvalue weighted by atomic mass is 10.1. The zero-order valence-corrected chi connectivity index (χ0v) is 16.8. The standard InChI is InChI=1S/C17H33O7P/c1-14(18)10-8-6-5-7-9-11-22-17-12-15(20-2)16(24-17)13-23-25(4,19)21-3/h15-17H,5-13H2,1-4H3. The zero-order chi connectivity index (χ0) is 18.7. The number of ketones is 1. The Hall–Kier alpha value is -0.300. The molecule has 0 spiro atoms. The van der Waals surface area contributed by atoms with Gasteiger partial charge in [-0.2, -0.15) is 0 Å². The largest absolute Gasteiger partial charge is 0.378 e. The highest BCUT2D eigenvalue weighted by molar-refractivity contribution is 7.52. The number of hydrogen-bond acceptors (Lipinski definition) is 7. The van der Waals surface area contributed by atoms with Crippen LogP contribution < -0.4 is 0 Å². The first kappa shape index (κ1) is 22.7. The SMILES string of the molecule is COC1CC(OCCCCCCCC(C)=O)OC1COP(C)(=O)OC. The lowest BCUT2D eigenvalue weighted by molar-refractivity contribution is -0.143. The monoisotopic (exact) mass is 380 g/mol. The Bertz CT molecular complexity index is 429. The Labute approximate surface area is 151 Å². The van der Waals surface area contributed by atoms with E-state index >= 15 is 0 Å². The fourth-order valence-electron chi connectivity index (χ4n) is 2.66. The van der Waals surface area contributed by atoms with Crippen LogP contribution in [0.2, 0.25) is 0 Å². The topological polar surface area (TPSA) is 80.3 Å². The summed E-state index contributed by atoms with van der Waals surface area (Å²) >= 11 is 0. The summed E-state index contributed by atoms with van der Waals surface area (Å²) in [5.41, 5.74) is 0. The van der Waals surface area contributed by atoms with Crippen LogP contribution in [0.4, 0.5) is 0 Å². The molecular formula is C17H33O7P. The summed E-state index contributed by atoms with van der Waals surface area (Å²) < 4.78 is 38.8. The summed E-state index contributed by atoms with van der Waals surface area (Å²) in [4.78, 5) is 10.8. The molecule has 8 heteroatoms. The van der Waals surface area contributed by atoms with Crippen LogP contribution in [0.3, 0.4) is 0 Å². The summed E-state index contributed by atoms with van der Waals surface area (Å²) in [5.74, 6) is 0.262. The van der Waals surface area contributed by atoms with Gasteiger partial charge in [0.15, 0.2) is 6.29 Å². The number of Topliss-reactive ketones (excluding diaryl/α,β-unsaturated/α-hetero) is 1. The van der Waals surface area contributed by atoms with E-state index in [-0.39, 0.29) is 30.9 Å². The van der Waals surface area contributed by atoms with E-state index in [9.17, 15) is 9.36 Å². The number of carbonyl (C=O) groups excluding carboxylic acids is 1. The Morgan fingerprint density at radius 2 is 1.84 bits per heavy atom. The molecule has 0 radical (unpaired) electrons. The maximum Gasteiger partial charge on any atom is 0.327 e. The molecule has 1 aliphatic heterocycles. The molecule has 0 aromatic carbocycles. The number of hydrogen-bond donors (Lipinski definition) is 0. The number of unbranched alkanes of at least 4 members (excludes halogenated alkanes) is 4. The van der Waals surface area contributed by atoms with Gasteiger partial charge >= 0.3 is 7.60 Å². The molecule has 1 saturated heterocycles. The van der Waals surface area contributed by atoms with Crippen molar-refractivity contribution in [1.29, 1.82) is 0 Å². The fourth-order valence-corrected chi connectivity index (χ4v) is 3.19. The van der Waals surface area contributed by atoms with E-state index in [0.717, 1.165) is 32.1 Å². The van der Waals surface area contributed by atoms with Crippen molar-refractivity contribution in [3.05, 3.63) is 0 Å². The van der Waals surface area contributed by atoms with E-state index in [1.807, 2.05) is 0 Å². The second-order valence-electron chi connectivity index (χ2n) is 6.45. The van der Waals surface area contributed by atoms with E-state index in [1.54, 1.807) is 14.0 Å². The molecule has 4 unspecified atom stereocenters. The second-order valence-corrected chi connectivity index (χ2v) is 8.62. The first-order valence-corrected chi connectivity index (χ1v) is 10.9. The second kappa shape index (κ2) is 12.2. The molecule has 0 amide bonds. The van der Waals surface area contributed by atoms with Crippen LogP contribution in [0, 0.1) is 0 Å². The van der Waals surface area contributed by atoms with Gasteiger partial charge in [-0.1, -0.05) is 19.3 Å². The minimum atomic E-state index is -3.03. The van der Waals surface area contributed by atoms with Crippen molar-refractivity contribution >= 4 is 13.4 Å². The lowest BCUT2D eigenvalue weighted by Gasteiger charge is -2.19. The predicted molar refractivity (Wildman–Crippen MR) is 94.9 cm³/mol. The number of ether oxygens (including phenoxy) is 3. The third kappa shape index (κ3) is 9.83. The lowest BCUT2D eigenvalue weighted by Crippen LogP contribution is -2.28. The van der Waals surface area contributed by atoms with Crippen molar-refractivity contribution in [1.82, 2.24) is 0 Å². The molecule has 1 aliphatic rings. The van der Waals surface area contributed by atoms with Gasteiger partial charge in [0.25, 0.3) is 0 Å². The van der Waals surface area contributed by atoms with Crippen LogP contribution in [0.25, 0.3) is 0 Å². The zero-order valence-electron chi connectivity index (χ0n) is 15.9. The first-order chi connectivity index (χ1) is 11.9. The van der Waals surface area contributed by atoms with Gasteiger partial charge in [0.2, 0.25) is 0 Å². The minimum absolute atomic E-state index is 0.145. The van der Waals surface area contributed by atoms with Gasteiger partial charge in [-0.15, -0.1) is 0 Å². The van der Waals surface area contributed by atoms with E-state index in [4.69, 9.17) is 23.3 Å². The van der Waals surface area contributed by atoms with Crippen LogP contribution in [0.15, 0.2) is 0 Å². The van der Waals surface area contributed by atoms with Gasteiger partial charge < -0.3 is 28.1 Å². The molecule has 0 bridgehead atoms. The normalized spacial score (nSPS) is 25.8. The summed E-state index contributed by atoms with van der Waals surface area (Å²) in [5, 5.41) is 0. The average molecular weight is 380 g/mol. The van der Waals surface area contributed by atoms with Crippen LogP contribution in [0.5, 0.6) is 0 Å². The van der Waals surface area contributed by atoms with Crippen molar-refractivity contribution in [3.63, 3.8) is 0 Å². The van der Waals surface area contributed by atoms with Crippen LogP contribution >= 0.6 is 7.60 Å². The van der Waals surface area contributed by atoms with Gasteiger partial charge in [-0.25, -0.2) is 0 Å². The summed E-state index contributed by atoms with van der Waals surface area (Å²) in [6, 6.07) is 0. The molecule has 0 aromatic rings. The molecular weight excluding hydrogens is 347 g/mol. The van der Waals surface area contributed by atoms with Gasteiger partial charge in [0.05, 0.1) is 12.7 Å². The van der Waals surface area contributed by atoms with Gasteiger partial charge in [-0.05, 0) is 19.8 Å². The molecule has 1 rings (SSSR count). The molecule has 1 heterocycles. The molecule has 1 fully saturated rings. The maximum absolute atomic E-state index is 11.8. The smallest absolute Gasteiger partial charge is 0.327 e. The van der Waals surface area contributed by atoms with Crippen LogP contribution in [0.1, 0.15) is 51.9 Å². The van der Waals surface area contributed by atoms with E-state index in [0.29, 0.717) is 19.4 Å². The Kier molecular flexibility index (Phi) is 11.1. The highest BCUT2D eigenvalue weighted by atomic mass is 31.2. The van der Waals surface area contributed by atoms with Crippen molar-refractivity contribution in [2.24, 2.45) is 0 Å². The highest BCUT2D eigenvalue weighted by Crippen LogP contribution is 2.43. The predicted octanol–water partition coefficient (Wildman–Crippen LogP) is 3.55. The number of methoxy groups -OCH3 is 1. The number of carbonyl (C=O) groups is 1. The van der Waals surface area contributed by atoms with E-state index < -0.39 is 7.60 Å². The first-order valence-electron chi connectivity index (χ1n) is 8.95.